The van der Waals surface area contributed by atoms with Crippen LogP contribution in [0.1, 0.15) is 33.1 Å². The lowest BCUT2D eigenvalue weighted by Crippen LogP contribution is -2.35. The number of carbonyl (C=O) groups is 1. The summed E-state index contributed by atoms with van der Waals surface area (Å²) in [7, 11) is 4.00. The highest BCUT2D eigenvalue weighted by molar-refractivity contribution is 7.13. The average Bonchev–Trinajstić information content (AvgIpc) is 3.11. The highest BCUT2D eigenvalue weighted by atomic mass is 32.1. The van der Waals surface area contributed by atoms with Crippen molar-refractivity contribution in [2.45, 2.75) is 26.8 Å². The van der Waals surface area contributed by atoms with E-state index in [1.807, 2.05) is 45.0 Å². The summed E-state index contributed by atoms with van der Waals surface area (Å²) in [6, 6.07) is 3.85. The number of rotatable bonds is 7. The molecule has 0 fully saturated rings. The first-order chi connectivity index (χ1) is 10.5. The van der Waals surface area contributed by atoms with E-state index in [-0.39, 0.29) is 5.91 Å². The Bertz CT molecular complexity index is 618. The van der Waals surface area contributed by atoms with Crippen molar-refractivity contribution >= 4 is 17.2 Å². The van der Waals surface area contributed by atoms with E-state index >= 15 is 0 Å². The smallest absolute Gasteiger partial charge is 0.266 e. The summed E-state index contributed by atoms with van der Waals surface area (Å²) < 4.78 is 5.61. The molecule has 6 heteroatoms. The second kappa shape index (κ2) is 7.56. The first-order valence-corrected chi connectivity index (χ1v) is 8.25. The zero-order valence-corrected chi connectivity index (χ0v) is 14.4. The topological polar surface area (TPSA) is 49.6 Å². The number of likely N-dealkylation sites (N-methyl/N-ethyl adjacent to an activating group) is 1. The summed E-state index contributed by atoms with van der Waals surface area (Å²) in [5.74, 6) is 1.69. The van der Waals surface area contributed by atoms with E-state index in [0.29, 0.717) is 18.0 Å². The maximum Gasteiger partial charge on any atom is 0.266 e. The largest absolute Gasteiger partial charge is 0.464 e. The Morgan fingerprint density at radius 1 is 1.32 bits per heavy atom. The Labute approximate surface area is 135 Å². The van der Waals surface area contributed by atoms with E-state index in [1.54, 1.807) is 6.20 Å². The minimum atomic E-state index is 0.0214. The average molecular weight is 321 g/mol. The zero-order valence-electron chi connectivity index (χ0n) is 13.6. The van der Waals surface area contributed by atoms with Crippen molar-refractivity contribution in [1.82, 2.24) is 14.8 Å². The van der Waals surface area contributed by atoms with Crippen LogP contribution in [0.15, 0.2) is 22.7 Å². The molecule has 0 radical (unpaired) electrons. The molecule has 0 saturated heterocycles. The molecule has 2 rings (SSSR count). The first-order valence-electron chi connectivity index (χ1n) is 7.43. The monoisotopic (exact) mass is 321 g/mol. The predicted molar refractivity (Wildman–Crippen MR) is 88.2 cm³/mol. The second-order valence-electron chi connectivity index (χ2n) is 5.51. The maximum absolute atomic E-state index is 12.7. The van der Waals surface area contributed by atoms with E-state index in [4.69, 9.17) is 4.42 Å². The number of aromatic nitrogens is 1. The van der Waals surface area contributed by atoms with Crippen molar-refractivity contribution in [3.63, 3.8) is 0 Å². The van der Waals surface area contributed by atoms with E-state index in [1.165, 1.54) is 11.3 Å². The van der Waals surface area contributed by atoms with Crippen LogP contribution >= 0.6 is 11.3 Å². The van der Waals surface area contributed by atoms with Crippen LogP contribution in [-0.2, 0) is 13.0 Å². The summed E-state index contributed by atoms with van der Waals surface area (Å²) in [5, 5.41) is 0.991. The quantitative estimate of drug-likeness (QED) is 0.787. The Hall–Kier alpha value is -1.66. The molecule has 1 amide bonds. The van der Waals surface area contributed by atoms with Gasteiger partial charge in [-0.25, -0.2) is 4.98 Å². The van der Waals surface area contributed by atoms with Gasteiger partial charge in [0.2, 0.25) is 0 Å². The number of hydrogen-bond donors (Lipinski definition) is 0. The van der Waals surface area contributed by atoms with Gasteiger partial charge in [-0.2, -0.15) is 0 Å². The summed E-state index contributed by atoms with van der Waals surface area (Å²) >= 11 is 1.47. The van der Waals surface area contributed by atoms with Gasteiger partial charge in [0.25, 0.3) is 5.91 Å². The SMILES string of the molecule is CCc1ncc(C(=O)N(CCN(C)C)Cc2ccc(C)o2)s1. The third kappa shape index (κ3) is 4.42. The van der Waals surface area contributed by atoms with Crippen LogP contribution in [-0.4, -0.2) is 47.9 Å². The molecular formula is C16H23N3O2S. The van der Waals surface area contributed by atoms with Gasteiger partial charge in [0.15, 0.2) is 0 Å². The van der Waals surface area contributed by atoms with Crippen LogP contribution in [0.4, 0.5) is 0 Å². The molecule has 5 nitrogen and oxygen atoms in total. The van der Waals surface area contributed by atoms with Crippen molar-refractivity contribution < 1.29 is 9.21 Å². The molecule has 120 valence electrons. The van der Waals surface area contributed by atoms with Gasteiger partial charge in [-0.3, -0.25) is 4.79 Å². The number of furan rings is 1. The van der Waals surface area contributed by atoms with Gasteiger partial charge >= 0.3 is 0 Å². The van der Waals surface area contributed by atoms with Gasteiger partial charge < -0.3 is 14.2 Å². The van der Waals surface area contributed by atoms with Crippen LogP contribution in [0.3, 0.4) is 0 Å². The molecule has 0 saturated carbocycles. The number of aryl methyl sites for hydroxylation is 2. The van der Waals surface area contributed by atoms with Crippen molar-refractivity contribution in [1.29, 1.82) is 0 Å². The number of amides is 1. The van der Waals surface area contributed by atoms with Gasteiger partial charge in [0.1, 0.15) is 16.4 Å². The number of nitrogens with zero attached hydrogens (tertiary/aromatic N) is 3. The van der Waals surface area contributed by atoms with E-state index in [2.05, 4.69) is 9.88 Å². The van der Waals surface area contributed by atoms with Gasteiger partial charge in [-0.1, -0.05) is 6.92 Å². The summed E-state index contributed by atoms with van der Waals surface area (Å²) in [5.41, 5.74) is 0. The molecule has 0 unspecified atom stereocenters. The summed E-state index contributed by atoms with van der Waals surface area (Å²) in [6.45, 7) is 5.91. The molecule has 0 aliphatic rings. The van der Waals surface area contributed by atoms with Gasteiger partial charge in [0, 0.05) is 13.1 Å². The Morgan fingerprint density at radius 3 is 2.64 bits per heavy atom. The zero-order chi connectivity index (χ0) is 16.1. The van der Waals surface area contributed by atoms with Gasteiger partial charge in [0.05, 0.1) is 17.7 Å². The minimum Gasteiger partial charge on any atom is -0.464 e. The first kappa shape index (κ1) is 16.7. The lowest BCUT2D eigenvalue weighted by atomic mass is 10.3. The molecule has 0 N–H and O–H groups in total. The third-order valence-corrected chi connectivity index (χ3v) is 4.44. The summed E-state index contributed by atoms with van der Waals surface area (Å²) in [4.78, 5) is 21.6. The van der Waals surface area contributed by atoms with Crippen LogP contribution in [0.25, 0.3) is 0 Å². The van der Waals surface area contributed by atoms with Crippen LogP contribution < -0.4 is 0 Å². The Morgan fingerprint density at radius 2 is 2.09 bits per heavy atom. The predicted octanol–water partition coefficient (Wildman–Crippen LogP) is 2.81. The third-order valence-electron chi connectivity index (χ3n) is 3.31. The molecule has 0 aromatic carbocycles. The number of carbonyl (C=O) groups excluding carboxylic acids is 1. The molecule has 0 aliphatic heterocycles. The molecule has 2 aromatic heterocycles. The molecule has 22 heavy (non-hydrogen) atoms. The summed E-state index contributed by atoms with van der Waals surface area (Å²) in [6.07, 6.45) is 2.54. The minimum absolute atomic E-state index is 0.0214. The molecule has 0 atom stereocenters. The van der Waals surface area contributed by atoms with Gasteiger partial charge in [-0.05, 0) is 39.6 Å². The van der Waals surface area contributed by atoms with Crippen molar-refractivity contribution in [3.8, 4) is 0 Å². The fourth-order valence-corrected chi connectivity index (χ4v) is 2.89. The molecule has 2 heterocycles. The fraction of sp³-hybridized carbons (Fsp3) is 0.500. The van der Waals surface area contributed by atoms with Crippen molar-refractivity contribution in [3.05, 3.63) is 39.7 Å². The molecule has 2 aromatic rings. The number of hydrogen-bond acceptors (Lipinski definition) is 5. The Kier molecular flexibility index (Phi) is 5.74. The highest BCUT2D eigenvalue weighted by Gasteiger charge is 2.20. The van der Waals surface area contributed by atoms with Crippen molar-refractivity contribution in [2.75, 3.05) is 27.2 Å². The fourth-order valence-electron chi connectivity index (χ4n) is 2.06. The maximum atomic E-state index is 12.7. The lowest BCUT2D eigenvalue weighted by Gasteiger charge is -2.22. The molecule has 0 spiro atoms. The normalized spacial score (nSPS) is 11.1. The van der Waals surface area contributed by atoms with Crippen molar-refractivity contribution in [2.24, 2.45) is 0 Å². The molecular weight excluding hydrogens is 298 g/mol. The highest BCUT2D eigenvalue weighted by Crippen LogP contribution is 2.18. The van der Waals surface area contributed by atoms with E-state index < -0.39 is 0 Å². The number of thiazole rings is 1. The van der Waals surface area contributed by atoms with E-state index in [0.717, 1.165) is 29.5 Å². The van der Waals surface area contributed by atoms with Crippen LogP contribution in [0, 0.1) is 6.92 Å². The van der Waals surface area contributed by atoms with Gasteiger partial charge in [-0.15, -0.1) is 11.3 Å². The molecule has 0 aliphatic carbocycles. The molecule has 0 bridgehead atoms. The van der Waals surface area contributed by atoms with E-state index in [9.17, 15) is 4.79 Å². The van der Waals surface area contributed by atoms with Crippen LogP contribution in [0.5, 0.6) is 0 Å². The lowest BCUT2D eigenvalue weighted by molar-refractivity contribution is 0.0724. The van der Waals surface area contributed by atoms with Crippen LogP contribution in [0.2, 0.25) is 0 Å². The standard InChI is InChI=1S/C16H23N3O2S/c1-5-15-17-10-14(22-15)16(20)19(9-8-18(3)4)11-13-7-6-12(2)21-13/h6-7,10H,5,8-9,11H2,1-4H3. The Balaban J connectivity index is 2.13. The second-order valence-corrected chi connectivity index (χ2v) is 6.63.